The van der Waals surface area contributed by atoms with Crippen LogP contribution in [0.3, 0.4) is 0 Å². The lowest BCUT2D eigenvalue weighted by molar-refractivity contribution is 1.19. The van der Waals surface area contributed by atoms with Crippen LogP contribution in [0.15, 0.2) is 54.7 Å². The minimum atomic E-state index is 0.311. The number of anilines is 1. The van der Waals surface area contributed by atoms with Gasteiger partial charge in [-0.25, -0.2) is 9.97 Å². The highest BCUT2D eigenvalue weighted by Gasteiger charge is 2.18. The fourth-order valence-corrected chi connectivity index (χ4v) is 2.84. The van der Waals surface area contributed by atoms with Crippen molar-refractivity contribution in [2.24, 2.45) is 0 Å². The van der Waals surface area contributed by atoms with Crippen LogP contribution >= 0.6 is 0 Å². The van der Waals surface area contributed by atoms with Crippen LogP contribution in [-0.4, -0.2) is 9.97 Å². The maximum atomic E-state index is 5.66. The minimum Gasteiger partial charge on any atom is -0.368 e. The molecule has 1 aromatic heterocycles. The highest BCUT2D eigenvalue weighted by atomic mass is 15.0. The number of hydrogen-bond acceptors (Lipinski definition) is 3. The third kappa shape index (κ3) is 1.67. The maximum Gasteiger partial charge on any atom is 0.220 e. The summed E-state index contributed by atoms with van der Waals surface area (Å²) in [6, 6.07) is 16.9. The second-order valence-electron chi connectivity index (χ2n) is 5.01. The van der Waals surface area contributed by atoms with E-state index in [-0.39, 0.29) is 0 Å². The van der Waals surface area contributed by atoms with E-state index in [1.807, 2.05) is 6.07 Å². The van der Waals surface area contributed by atoms with Gasteiger partial charge in [0, 0.05) is 11.8 Å². The first-order chi connectivity index (χ1) is 9.81. The van der Waals surface area contributed by atoms with E-state index < -0.39 is 0 Å². The van der Waals surface area contributed by atoms with Gasteiger partial charge in [-0.3, -0.25) is 0 Å². The number of fused-ring (bicyclic) bond motifs is 3. The first kappa shape index (κ1) is 11.2. The molecule has 0 radical (unpaired) electrons. The SMILES string of the molecule is Nc1nccc(-c2ccc3c(c2)Cc2ccccc2-3)n1. The number of nitrogen functional groups attached to an aromatic ring is 1. The van der Waals surface area contributed by atoms with E-state index in [1.54, 1.807) is 6.20 Å². The zero-order valence-corrected chi connectivity index (χ0v) is 10.9. The fraction of sp³-hybridized carbons (Fsp3) is 0.0588. The molecular formula is C17H13N3. The summed E-state index contributed by atoms with van der Waals surface area (Å²) in [7, 11) is 0. The zero-order chi connectivity index (χ0) is 13.5. The monoisotopic (exact) mass is 259 g/mol. The predicted molar refractivity (Wildman–Crippen MR) is 80.1 cm³/mol. The van der Waals surface area contributed by atoms with Gasteiger partial charge in [0.15, 0.2) is 0 Å². The molecule has 0 aliphatic heterocycles. The molecule has 0 saturated carbocycles. The molecule has 1 heterocycles. The van der Waals surface area contributed by atoms with E-state index in [2.05, 4.69) is 52.4 Å². The molecule has 0 fully saturated rings. The molecule has 1 aliphatic carbocycles. The molecule has 3 heteroatoms. The highest BCUT2D eigenvalue weighted by Crippen LogP contribution is 2.38. The lowest BCUT2D eigenvalue weighted by Gasteiger charge is -2.05. The van der Waals surface area contributed by atoms with E-state index in [4.69, 9.17) is 5.73 Å². The van der Waals surface area contributed by atoms with Crippen LogP contribution in [0, 0.1) is 0 Å². The number of aromatic nitrogens is 2. The van der Waals surface area contributed by atoms with Crippen molar-refractivity contribution in [3.8, 4) is 22.4 Å². The van der Waals surface area contributed by atoms with Crippen molar-refractivity contribution in [1.82, 2.24) is 9.97 Å². The minimum absolute atomic E-state index is 0.311. The molecule has 0 amide bonds. The van der Waals surface area contributed by atoms with Crippen LogP contribution in [0.5, 0.6) is 0 Å². The smallest absolute Gasteiger partial charge is 0.220 e. The van der Waals surface area contributed by atoms with E-state index in [1.165, 1.54) is 22.3 Å². The Hall–Kier alpha value is -2.68. The Balaban J connectivity index is 1.83. The van der Waals surface area contributed by atoms with Crippen LogP contribution in [-0.2, 0) is 6.42 Å². The molecule has 0 atom stereocenters. The first-order valence-corrected chi connectivity index (χ1v) is 6.61. The molecule has 1 aliphatic rings. The summed E-state index contributed by atoms with van der Waals surface area (Å²) in [6.07, 6.45) is 2.68. The van der Waals surface area contributed by atoms with Crippen molar-refractivity contribution in [3.05, 3.63) is 65.9 Å². The van der Waals surface area contributed by atoms with Gasteiger partial charge in [-0.05, 0) is 40.8 Å². The zero-order valence-electron chi connectivity index (χ0n) is 10.9. The van der Waals surface area contributed by atoms with Gasteiger partial charge in [0.25, 0.3) is 0 Å². The Labute approximate surface area is 117 Å². The van der Waals surface area contributed by atoms with Crippen LogP contribution in [0.1, 0.15) is 11.1 Å². The number of nitrogens with zero attached hydrogens (tertiary/aromatic N) is 2. The van der Waals surface area contributed by atoms with Gasteiger partial charge in [-0.15, -0.1) is 0 Å². The molecule has 20 heavy (non-hydrogen) atoms. The van der Waals surface area contributed by atoms with Gasteiger partial charge in [-0.1, -0.05) is 36.4 Å². The standard InChI is InChI=1S/C17H13N3/c18-17-19-8-7-16(20-17)12-5-6-15-13(10-12)9-11-3-1-2-4-14(11)15/h1-8,10H,9H2,(H2,18,19,20). The van der Waals surface area contributed by atoms with Crippen molar-refractivity contribution >= 4 is 5.95 Å². The summed E-state index contributed by atoms with van der Waals surface area (Å²) < 4.78 is 0. The Morgan fingerprint density at radius 3 is 2.65 bits per heavy atom. The number of benzene rings is 2. The van der Waals surface area contributed by atoms with Crippen LogP contribution < -0.4 is 5.73 Å². The Bertz CT molecular complexity index is 809. The molecule has 2 aromatic carbocycles. The molecular weight excluding hydrogens is 246 g/mol. The molecule has 0 unspecified atom stereocenters. The second kappa shape index (κ2) is 4.17. The average Bonchev–Trinajstić information content (AvgIpc) is 2.85. The maximum absolute atomic E-state index is 5.66. The number of nitrogens with two attached hydrogens (primary N) is 1. The Morgan fingerprint density at radius 1 is 0.900 bits per heavy atom. The van der Waals surface area contributed by atoms with Crippen molar-refractivity contribution in [2.75, 3.05) is 5.73 Å². The van der Waals surface area contributed by atoms with Crippen molar-refractivity contribution in [3.63, 3.8) is 0 Å². The summed E-state index contributed by atoms with van der Waals surface area (Å²) in [5.41, 5.74) is 13.0. The van der Waals surface area contributed by atoms with Gasteiger partial charge >= 0.3 is 0 Å². The quantitative estimate of drug-likeness (QED) is 0.570. The van der Waals surface area contributed by atoms with Crippen LogP contribution in [0.25, 0.3) is 22.4 Å². The van der Waals surface area contributed by atoms with E-state index >= 15 is 0 Å². The highest BCUT2D eigenvalue weighted by molar-refractivity contribution is 5.79. The lowest BCUT2D eigenvalue weighted by atomic mass is 10.0. The van der Waals surface area contributed by atoms with E-state index in [9.17, 15) is 0 Å². The third-order valence-electron chi connectivity index (χ3n) is 3.76. The van der Waals surface area contributed by atoms with Crippen molar-refractivity contribution in [1.29, 1.82) is 0 Å². The summed E-state index contributed by atoms with van der Waals surface area (Å²) in [5, 5.41) is 0. The van der Waals surface area contributed by atoms with Gasteiger partial charge in [0.1, 0.15) is 0 Å². The third-order valence-corrected chi connectivity index (χ3v) is 3.76. The Kier molecular flexibility index (Phi) is 2.33. The predicted octanol–water partition coefficient (Wildman–Crippen LogP) is 3.30. The largest absolute Gasteiger partial charge is 0.368 e. The fourth-order valence-electron chi connectivity index (χ4n) is 2.84. The van der Waals surface area contributed by atoms with Gasteiger partial charge in [0.2, 0.25) is 5.95 Å². The van der Waals surface area contributed by atoms with E-state index in [0.717, 1.165) is 17.7 Å². The summed E-state index contributed by atoms with van der Waals surface area (Å²) in [6.45, 7) is 0. The van der Waals surface area contributed by atoms with Gasteiger partial charge in [0.05, 0.1) is 5.69 Å². The topological polar surface area (TPSA) is 51.8 Å². The molecule has 2 N–H and O–H groups in total. The molecule has 0 spiro atoms. The average molecular weight is 259 g/mol. The second-order valence-corrected chi connectivity index (χ2v) is 5.01. The lowest BCUT2D eigenvalue weighted by Crippen LogP contribution is -1.95. The molecule has 96 valence electrons. The Morgan fingerprint density at radius 2 is 1.75 bits per heavy atom. The van der Waals surface area contributed by atoms with Gasteiger partial charge < -0.3 is 5.73 Å². The van der Waals surface area contributed by atoms with Crippen molar-refractivity contribution in [2.45, 2.75) is 6.42 Å². The normalized spacial score (nSPS) is 12.0. The molecule has 3 aromatic rings. The van der Waals surface area contributed by atoms with Crippen molar-refractivity contribution < 1.29 is 0 Å². The molecule has 0 saturated heterocycles. The molecule has 0 bridgehead atoms. The molecule has 3 nitrogen and oxygen atoms in total. The van der Waals surface area contributed by atoms with Crippen LogP contribution in [0.4, 0.5) is 5.95 Å². The first-order valence-electron chi connectivity index (χ1n) is 6.61. The van der Waals surface area contributed by atoms with E-state index in [0.29, 0.717) is 5.95 Å². The summed E-state index contributed by atoms with van der Waals surface area (Å²) >= 11 is 0. The molecule has 4 rings (SSSR count). The summed E-state index contributed by atoms with van der Waals surface area (Å²) in [4.78, 5) is 8.22. The van der Waals surface area contributed by atoms with Gasteiger partial charge in [-0.2, -0.15) is 0 Å². The summed E-state index contributed by atoms with van der Waals surface area (Å²) in [5.74, 6) is 0.311. The van der Waals surface area contributed by atoms with Crippen LogP contribution in [0.2, 0.25) is 0 Å². The number of rotatable bonds is 1. The number of hydrogen-bond donors (Lipinski definition) is 1.